The molecule has 0 saturated carbocycles. The fourth-order valence-electron chi connectivity index (χ4n) is 2.46. The third kappa shape index (κ3) is 2.08. The Morgan fingerprint density at radius 3 is 2.86 bits per heavy atom. The van der Waals surface area contributed by atoms with E-state index in [1.165, 1.54) is 0 Å². The van der Waals surface area contributed by atoms with Crippen molar-refractivity contribution in [3.8, 4) is 0 Å². The van der Waals surface area contributed by atoms with Gasteiger partial charge in [-0.25, -0.2) is 0 Å². The third-order valence-corrected chi connectivity index (χ3v) is 3.35. The molecule has 4 heteroatoms. The summed E-state index contributed by atoms with van der Waals surface area (Å²) in [4.78, 5) is 2.30. The van der Waals surface area contributed by atoms with Crippen LogP contribution >= 0.6 is 0 Å². The van der Waals surface area contributed by atoms with E-state index in [4.69, 9.17) is 9.84 Å². The number of aliphatic hydroxyl groups excluding tert-OH is 2. The number of nitrogens with zero attached hydrogens (tertiary/aromatic N) is 1. The molecule has 0 radical (unpaired) electrons. The van der Waals surface area contributed by atoms with Crippen LogP contribution in [-0.2, 0) is 4.74 Å². The van der Waals surface area contributed by atoms with Crippen molar-refractivity contribution in [1.82, 2.24) is 4.90 Å². The first-order valence-electron chi connectivity index (χ1n) is 5.42. The van der Waals surface area contributed by atoms with Gasteiger partial charge < -0.3 is 14.9 Å². The Kier molecular flexibility index (Phi) is 3.38. The van der Waals surface area contributed by atoms with Crippen LogP contribution in [0, 0.1) is 5.92 Å². The molecule has 2 aliphatic rings. The zero-order chi connectivity index (χ0) is 9.97. The van der Waals surface area contributed by atoms with Gasteiger partial charge in [0.15, 0.2) is 0 Å². The van der Waals surface area contributed by atoms with Gasteiger partial charge in [0, 0.05) is 13.2 Å². The van der Waals surface area contributed by atoms with E-state index in [0.717, 1.165) is 25.9 Å². The molecule has 0 spiro atoms. The molecule has 14 heavy (non-hydrogen) atoms. The summed E-state index contributed by atoms with van der Waals surface area (Å²) in [7, 11) is 0. The van der Waals surface area contributed by atoms with Crippen LogP contribution in [0.4, 0.5) is 0 Å². The fourth-order valence-corrected chi connectivity index (χ4v) is 2.46. The van der Waals surface area contributed by atoms with Crippen LogP contribution in [0.15, 0.2) is 0 Å². The molecule has 0 aromatic rings. The first-order chi connectivity index (χ1) is 6.81. The molecule has 2 aliphatic heterocycles. The molecule has 0 amide bonds. The topological polar surface area (TPSA) is 52.9 Å². The van der Waals surface area contributed by atoms with Crippen molar-refractivity contribution < 1.29 is 14.9 Å². The highest BCUT2D eigenvalue weighted by Gasteiger charge is 2.35. The average molecular weight is 201 g/mol. The van der Waals surface area contributed by atoms with Crippen LogP contribution in [0.1, 0.15) is 12.8 Å². The van der Waals surface area contributed by atoms with Crippen molar-refractivity contribution in [1.29, 1.82) is 0 Å². The number of hydrogen-bond donors (Lipinski definition) is 2. The molecule has 2 N–H and O–H groups in total. The molecule has 3 atom stereocenters. The first-order valence-corrected chi connectivity index (χ1v) is 5.42. The maximum atomic E-state index is 9.65. The Balaban J connectivity index is 1.82. The van der Waals surface area contributed by atoms with Crippen LogP contribution in [0.5, 0.6) is 0 Å². The van der Waals surface area contributed by atoms with Crippen molar-refractivity contribution in [3.63, 3.8) is 0 Å². The van der Waals surface area contributed by atoms with E-state index in [1.807, 2.05) is 0 Å². The van der Waals surface area contributed by atoms with E-state index in [9.17, 15) is 5.11 Å². The van der Waals surface area contributed by atoms with Gasteiger partial charge in [0.25, 0.3) is 0 Å². The SMILES string of the molecule is OCCC1CCN(C2COCC2O)C1. The molecule has 0 aromatic carbocycles. The summed E-state index contributed by atoms with van der Waals surface area (Å²) in [5, 5.41) is 18.5. The van der Waals surface area contributed by atoms with Crippen LogP contribution < -0.4 is 0 Å². The van der Waals surface area contributed by atoms with Gasteiger partial charge in [-0.1, -0.05) is 0 Å². The first kappa shape index (κ1) is 10.4. The predicted octanol–water partition coefficient (Wildman–Crippen LogP) is -0.550. The zero-order valence-corrected chi connectivity index (χ0v) is 8.43. The van der Waals surface area contributed by atoms with E-state index in [-0.39, 0.29) is 18.8 Å². The lowest BCUT2D eigenvalue weighted by atomic mass is 10.1. The minimum atomic E-state index is -0.317. The van der Waals surface area contributed by atoms with Crippen molar-refractivity contribution in [2.75, 3.05) is 32.9 Å². The third-order valence-electron chi connectivity index (χ3n) is 3.35. The van der Waals surface area contributed by atoms with E-state index in [2.05, 4.69) is 4.90 Å². The highest BCUT2D eigenvalue weighted by Crippen LogP contribution is 2.24. The van der Waals surface area contributed by atoms with Crippen LogP contribution in [-0.4, -0.2) is 60.2 Å². The van der Waals surface area contributed by atoms with E-state index >= 15 is 0 Å². The highest BCUT2D eigenvalue weighted by atomic mass is 16.5. The number of likely N-dealkylation sites (tertiary alicyclic amines) is 1. The van der Waals surface area contributed by atoms with Crippen molar-refractivity contribution in [2.24, 2.45) is 5.92 Å². The molecular formula is C10H19NO3. The van der Waals surface area contributed by atoms with Crippen LogP contribution in [0.2, 0.25) is 0 Å². The van der Waals surface area contributed by atoms with Gasteiger partial charge in [-0.05, 0) is 25.3 Å². The standard InChI is InChI=1S/C10H19NO3/c12-4-2-8-1-3-11(5-8)9-6-14-7-10(9)13/h8-10,12-13H,1-7H2. The summed E-state index contributed by atoms with van der Waals surface area (Å²) in [5.74, 6) is 0.604. The second-order valence-corrected chi connectivity index (χ2v) is 4.33. The summed E-state index contributed by atoms with van der Waals surface area (Å²) >= 11 is 0. The zero-order valence-electron chi connectivity index (χ0n) is 8.43. The molecule has 2 rings (SSSR count). The number of ether oxygens (including phenoxy) is 1. The molecule has 0 aliphatic carbocycles. The summed E-state index contributed by atoms with van der Waals surface area (Å²) < 4.78 is 5.24. The summed E-state index contributed by atoms with van der Waals surface area (Å²) in [6.07, 6.45) is 1.71. The van der Waals surface area contributed by atoms with Crippen LogP contribution in [0.3, 0.4) is 0 Å². The fraction of sp³-hybridized carbons (Fsp3) is 1.00. The van der Waals surface area contributed by atoms with Crippen molar-refractivity contribution >= 4 is 0 Å². The Hall–Kier alpha value is -0.160. The van der Waals surface area contributed by atoms with Gasteiger partial charge in [-0.3, -0.25) is 4.90 Å². The number of aliphatic hydroxyl groups is 2. The van der Waals surface area contributed by atoms with Gasteiger partial charge in [-0.15, -0.1) is 0 Å². The van der Waals surface area contributed by atoms with Gasteiger partial charge in [0.2, 0.25) is 0 Å². The smallest absolute Gasteiger partial charge is 0.0950 e. The number of hydrogen-bond acceptors (Lipinski definition) is 4. The summed E-state index contributed by atoms with van der Waals surface area (Å²) in [5.41, 5.74) is 0. The van der Waals surface area contributed by atoms with E-state index in [0.29, 0.717) is 19.1 Å². The lowest BCUT2D eigenvalue weighted by Crippen LogP contribution is -2.41. The van der Waals surface area contributed by atoms with E-state index < -0.39 is 0 Å². The van der Waals surface area contributed by atoms with Gasteiger partial charge in [0.05, 0.1) is 25.4 Å². The van der Waals surface area contributed by atoms with Crippen molar-refractivity contribution in [2.45, 2.75) is 25.0 Å². The Morgan fingerprint density at radius 2 is 2.21 bits per heavy atom. The van der Waals surface area contributed by atoms with Gasteiger partial charge in [-0.2, -0.15) is 0 Å². The molecule has 4 nitrogen and oxygen atoms in total. The highest BCUT2D eigenvalue weighted by molar-refractivity contribution is 4.88. The normalized spacial score (nSPS) is 39.4. The molecule has 0 bridgehead atoms. The molecule has 2 saturated heterocycles. The monoisotopic (exact) mass is 201 g/mol. The van der Waals surface area contributed by atoms with Gasteiger partial charge >= 0.3 is 0 Å². The maximum absolute atomic E-state index is 9.65. The van der Waals surface area contributed by atoms with Crippen LogP contribution in [0.25, 0.3) is 0 Å². The second kappa shape index (κ2) is 4.57. The summed E-state index contributed by atoms with van der Waals surface area (Å²) in [6.45, 7) is 3.46. The minimum Gasteiger partial charge on any atom is -0.396 e. The lowest BCUT2D eigenvalue weighted by Gasteiger charge is -2.24. The Bertz CT molecular complexity index is 188. The largest absolute Gasteiger partial charge is 0.396 e. The Labute approximate surface area is 84.5 Å². The second-order valence-electron chi connectivity index (χ2n) is 4.33. The molecular weight excluding hydrogens is 182 g/mol. The molecule has 3 unspecified atom stereocenters. The van der Waals surface area contributed by atoms with Gasteiger partial charge in [0.1, 0.15) is 0 Å². The number of rotatable bonds is 3. The summed E-state index contributed by atoms with van der Waals surface area (Å²) in [6, 6.07) is 0.193. The average Bonchev–Trinajstić information content (AvgIpc) is 2.74. The molecule has 2 heterocycles. The minimum absolute atomic E-state index is 0.193. The Morgan fingerprint density at radius 1 is 1.36 bits per heavy atom. The quantitative estimate of drug-likeness (QED) is 0.643. The maximum Gasteiger partial charge on any atom is 0.0950 e. The lowest BCUT2D eigenvalue weighted by molar-refractivity contribution is 0.0922. The molecule has 82 valence electrons. The van der Waals surface area contributed by atoms with E-state index in [1.54, 1.807) is 0 Å². The van der Waals surface area contributed by atoms with Crippen molar-refractivity contribution in [3.05, 3.63) is 0 Å². The molecule has 0 aromatic heterocycles. The molecule has 2 fully saturated rings. The predicted molar refractivity (Wildman–Crippen MR) is 52.0 cm³/mol.